The van der Waals surface area contributed by atoms with Crippen LogP contribution in [0.1, 0.15) is 22.7 Å². The van der Waals surface area contributed by atoms with Crippen LogP contribution in [-0.2, 0) is 12.6 Å². The molecule has 0 saturated heterocycles. The standard InChI is InChI=1S/C17H13F3N4O/c18-17(19,20)14-6-11-15(22-8-23-16(11)24-14)21-7-12-10-4-2-1-3-9(10)5-13(12)25/h1-4,6-8,12-13,25H,5H2,(H,22,23,24)/t12?,13-/m0/s1. The minimum absolute atomic E-state index is 0.0712. The summed E-state index contributed by atoms with van der Waals surface area (Å²) in [6.45, 7) is 0. The van der Waals surface area contributed by atoms with Crippen molar-refractivity contribution in [2.24, 2.45) is 4.99 Å². The van der Waals surface area contributed by atoms with Crippen LogP contribution in [0.4, 0.5) is 19.0 Å². The summed E-state index contributed by atoms with van der Waals surface area (Å²) in [5.74, 6) is -0.185. The normalized spacial score (nSPS) is 20.5. The number of aromatic amines is 1. The molecule has 2 heterocycles. The van der Waals surface area contributed by atoms with Crippen LogP contribution in [0.15, 0.2) is 41.7 Å². The van der Waals surface area contributed by atoms with E-state index in [0.29, 0.717) is 6.42 Å². The van der Waals surface area contributed by atoms with Crippen molar-refractivity contribution >= 4 is 23.1 Å². The summed E-state index contributed by atoms with van der Waals surface area (Å²) in [5.41, 5.74) is 1.18. The number of nitrogens with one attached hydrogen (secondary N) is 1. The van der Waals surface area contributed by atoms with Gasteiger partial charge in [-0.15, -0.1) is 0 Å². The van der Waals surface area contributed by atoms with E-state index in [1.54, 1.807) is 6.21 Å². The Labute approximate surface area is 140 Å². The SMILES string of the molecule is O[C@H]1Cc2ccccc2C1C=Nc1ncnc2[nH]c(C(F)(F)F)cc12. The summed E-state index contributed by atoms with van der Waals surface area (Å²) < 4.78 is 38.6. The molecule has 2 atom stereocenters. The molecule has 0 saturated carbocycles. The van der Waals surface area contributed by atoms with E-state index in [1.165, 1.54) is 0 Å². The van der Waals surface area contributed by atoms with E-state index in [2.05, 4.69) is 19.9 Å². The molecule has 5 nitrogen and oxygen atoms in total. The fourth-order valence-corrected chi connectivity index (χ4v) is 3.12. The maximum atomic E-state index is 12.9. The maximum absolute atomic E-state index is 12.9. The Morgan fingerprint density at radius 1 is 1.24 bits per heavy atom. The Morgan fingerprint density at radius 3 is 2.84 bits per heavy atom. The van der Waals surface area contributed by atoms with Crippen LogP contribution < -0.4 is 0 Å². The summed E-state index contributed by atoms with van der Waals surface area (Å²) in [4.78, 5) is 14.2. The smallest absolute Gasteiger partial charge is 0.392 e. The van der Waals surface area contributed by atoms with Crippen molar-refractivity contribution in [3.8, 4) is 0 Å². The molecule has 0 spiro atoms. The molecule has 25 heavy (non-hydrogen) atoms. The zero-order valence-corrected chi connectivity index (χ0v) is 12.8. The van der Waals surface area contributed by atoms with Crippen molar-refractivity contribution < 1.29 is 18.3 Å². The van der Waals surface area contributed by atoms with Crippen LogP contribution in [0.3, 0.4) is 0 Å². The number of halogens is 3. The van der Waals surface area contributed by atoms with Gasteiger partial charge in [0.05, 0.1) is 11.5 Å². The monoisotopic (exact) mass is 346 g/mol. The van der Waals surface area contributed by atoms with Crippen molar-refractivity contribution in [2.75, 3.05) is 0 Å². The largest absolute Gasteiger partial charge is 0.431 e. The summed E-state index contributed by atoms with van der Waals surface area (Å²) in [6, 6.07) is 8.58. The van der Waals surface area contributed by atoms with Crippen molar-refractivity contribution in [1.29, 1.82) is 0 Å². The number of fused-ring (bicyclic) bond motifs is 2. The molecule has 2 N–H and O–H groups in total. The van der Waals surface area contributed by atoms with E-state index in [4.69, 9.17) is 0 Å². The molecule has 0 radical (unpaired) electrons. The van der Waals surface area contributed by atoms with Crippen LogP contribution >= 0.6 is 0 Å². The van der Waals surface area contributed by atoms with Gasteiger partial charge in [-0.1, -0.05) is 24.3 Å². The highest BCUT2D eigenvalue weighted by molar-refractivity contribution is 5.88. The molecule has 1 unspecified atom stereocenters. The molecule has 8 heteroatoms. The van der Waals surface area contributed by atoms with Crippen LogP contribution in [-0.4, -0.2) is 32.4 Å². The van der Waals surface area contributed by atoms with Gasteiger partial charge >= 0.3 is 6.18 Å². The highest BCUT2D eigenvalue weighted by Crippen LogP contribution is 2.35. The van der Waals surface area contributed by atoms with E-state index in [-0.39, 0.29) is 22.8 Å². The van der Waals surface area contributed by atoms with Gasteiger partial charge in [0.2, 0.25) is 0 Å². The van der Waals surface area contributed by atoms with E-state index < -0.39 is 18.0 Å². The number of hydrogen-bond acceptors (Lipinski definition) is 4. The van der Waals surface area contributed by atoms with Gasteiger partial charge < -0.3 is 10.1 Å². The zero-order valence-electron chi connectivity index (χ0n) is 12.8. The Hall–Kier alpha value is -2.74. The number of H-pyrrole nitrogens is 1. The quantitative estimate of drug-likeness (QED) is 0.699. The third kappa shape index (κ3) is 2.78. The number of alkyl halides is 3. The van der Waals surface area contributed by atoms with Crippen LogP contribution in [0.2, 0.25) is 0 Å². The third-order valence-electron chi connectivity index (χ3n) is 4.33. The molecule has 0 bridgehead atoms. The Kier molecular flexibility index (Phi) is 3.57. The van der Waals surface area contributed by atoms with E-state index in [9.17, 15) is 18.3 Å². The third-order valence-corrected chi connectivity index (χ3v) is 4.33. The molecule has 4 rings (SSSR count). The number of aliphatic hydroxyl groups is 1. The van der Waals surface area contributed by atoms with Crippen molar-refractivity contribution in [3.05, 3.63) is 53.5 Å². The molecule has 0 amide bonds. The highest BCUT2D eigenvalue weighted by atomic mass is 19.4. The first-order chi connectivity index (χ1) is 11.9. The van der Waals surface area contributed by atoms with Gasteiger partial charge in [0.15, 0.2) is 5.82 Å². The second-order valence-electron chi connectivity index (χ2n) is 5.91. The number of nitrogens with zero attached hydrogens (tertiary/aromatic N) is 3. The predicted molar refractivity (Wildman–Crippen MR) is 85.9 cm³/mol. The second kappa shape index (κ2) is 5.66. The molecular formula is C17H13F3N4O. The van der Waals surface area contributed by atoms with Gasteiger partial charge in [0, 0.05) is 12.1 Å². The molecule has 2 aromatic heterocycles. The number of hydrogen-bond donors (Lipinski definition) is 2. The Balaban J connectivity index is 1.71. The number of rotatable bonds is 2. The van der Waals surface area contributed by atoms with E-state index in [1.807, 2.05) is 24.3 Å². The average Bonchev–Trinajstić information content (AvgIpc) is 3.13. The molecule has 1 aromatic carbocycles. The topological polar surface area (TPSA) is 74.2 Å². The fourth-order valence-electron chi connectivity index (χ4n) is 3.12. The lowest BCUT2D eigenvalue weighted by molar-refractivity contribution is -0.140. The van der Waals surface area contributed by atoms with Crippen LogP contribution in [0, 0.1) is 0 Å². The van der Waals surface area contributed by atoms with Gasteiger partial charge in [0.1, 0.15) is 17.7 Å². The Bertz CT molecular complexity index is 964. The minimum Gasteiger partial charge on any atom is -0.392 e. The van der Waals surface area contributed by atoms with Crippen molar-refractivity contribution in [3.63, 3.8) is 0 Å². The lowest BCUT2D eigenvalue weighted by atomic mass is 10.0. The predicted octanol–water partition coefficient (Wildman–Crippen LogP) is 3.38. The summed E-state index contributed by atoms with van der Waals surface area (Å²) in [6.07, 6.45) is -1.89. The second-order valence-corrected chi connectivity index (χ2v) is 5.91. The van der Waals surface area contributed by atoms with E-state index in [0.717, 1.165) is 23.5 Å². The van der Waals surface area contributed by atoms with E-state index >= 15 is 0 Å². The molecular weight excluding hydrogens is 333 g/mol. The maximum Gasteiger partial charge on any atom is 0.431 e. The minimum atomic E-state index is -4.50. The van der Waals surface area contributed by atoms with Gasteiger partial charge in [0.25, 0.3) is 0 Å². The molecule has 0 fully saturated rings. The first-order valence-corrected chi connectivity index (χ1v) is 7.64. The Morgan fingerprint density at radius 2 is 2.04 bits per heavy atom. The van der Waals surface area contributed by atoms with Gasteiger partial charge in [-0.2, -0.15) is 13.2 Å². The van der Waals surface area contributed by atoms with Gasteiger partial charge in [-0.3, -0.25) is 0 Å². The summed E-state index contributed by atoms with van der Waals surface area (Å²) in [5, 5.41) is 10.4. The molecule has 1 aliphatic carbocycles. The number of aromatic nitrogens is 3. The summed E-state index contributed by atoms with van der Waals surface area (Å²) >= 11 is 0. The highest BCUT2D eigenvalue weighted by Gasteiger charge is 2.33. The lowest BCUT2D eigenvalue weighted by Crippen LogP contribution is -2.14. The van der Waals surface area contributed by atoms with Gasteiger partial charge in [-0.25, -0.2) is 15.0 Å². The average molecular weight is 346 g/mol. The van der Waals surface area contributed by atoms with Crippen LogP contribution in [0.25, 0.3) is 11.0 Å². The van der Waals surface area contributed by atoms with Crippen molar-refractivity contribution in [1.82, 2.24) is 15.0 Å². The number of benzene rings is 1. The molecule has 1 aliphatic rings. The first kappa shape index (κ1) is 15.8. The fraction of sp³-hybridized carbons (Fsp3) is 0.235. The molecule has 0 aliphatic heterocycles. The molecule has 3 aromatic rings. The van der Waals surface area contributed by atoms with Crippen molar-refractivity contribution in [2.45, 2.75) is 24.6 Å². The first-order valence-electron chi connectivity index (χ1n) is 7.64. The van der Waals surface area contributed by atoms with Gasteiger partial charge in [-0.05, 0) is 23.6 Å². The van der Waals surface area contributed by atoms with Crippen LogP contribution in [0.5, 0.6) is 0 Å². The lowest BCUT2D eigenvalue weighted by Gasteiger charge is -2.09. The number of aliphatic imine (C=N–C) groups is 1. The zero-order chi connectivity index (χ0) is 17.6. The summed E-state index contributed by atoms with van der Waals surface area (Å²) in [7, 11) is 0. The molecule has 128 valence electrons. The number of aliphatic hydroxyl groups excluding tert-OH is 1.